The molecule has 0 aromatic heterocycles. The Bertz CT molecular complexity index is 1200. The molecule has 1 heterocycles. The van der Waals surface area contributed by atoms with Gasteiger partial charge in [0.2, 0.25) is 11.8 Å². The molecule has 2 aromatic carbocycles. The summed E-state index contributed by atoms with van der Waals surface area (Å²) in [7, 11) is 0. The highest BCUT2D eigenvalue weighted by Gasteiger charge is 2.30. The first-order valence-electron chi connectivity index (χ1n) is 14.9. The molecule has 3 N–H and O–H groups in total. The first-order chi connectivity index (χ1) is 20.3. The number of hydrogen-bond acceptors (Lipinski definition) is 6. The second-order valence-electron chi connectivity index (χ2n) is 11.4. The highest BCUT2D eigenvalue weighted by atomic mass is 35.5. The molecule has 1 saturated carbocycles. The second kappa shape index (κ2) is 15.8. The molecule has 1 fully saturated rings. The van der Waals surface area contributed by atoms with Gasteiger partial charge in [0.05, 0.1) is 19.2 Å². The number of carbonyl (C=O) groups excluding carboxylic acids is 3. The summed E-state index contributed by atoms with van der Waals surface area (Å²) in [5.74, 6) is 0.188. The predicted octanol–water partition coefficient (Wildman–Crippen LogP) is 4.83. The molecular formula is C32H42ClN3O6. The first-order valence-corrected chi connectivity index (χ1v) is 15.3. The molecule has 1 aliphatic carbocycles. The van der Waals surface area contributed by atoms with E-state index >= 15 is 0 Å². The van der Waals surface area contributed by atoms with E-state index in [2.05, 4.69) is 10.6 Å². The smallest absolute Gasteiger partial charge is 0.408 e. The van der Waals surface area contributed by atoms with Crippen molar-refractivity contribution < 1.29 is 29.0 Å². The van der Waals surface area contributed by atoms with E-state index in [4.69, 9.17) is 21.1 Å². The van der Waals surface area contributed by atoms with Crippen molar-refractivity contribution in [1.82, 2.24) is 15.5 Å². The average molecular weight is 600 g/mol. The van der Waals surface area contributed by atoms with E-state index in [1.54, 1.807) is 36.1 Å². The van der Waals surface area contributed by atoms with Crippen molar-refractivity contribution in [3.63, 3.8) is 0 Å². The van der Waals surface area contributed by atoms with Crippen LogP contribution >= 0.6 is 11.6 Å². The number of rotatable bonds is 11. The van der Waals surface area contributed by atoms with Crippen LogP contribution in [-0.2, 0) is 27.5 Å². The Morgan fingerprint density at radius 2 is 1.88 bits per heavy atom. The monoisotopic (exact) mass is 599 g/mol. The Labute approximate surface area is 252 Å². The van der Waals surface area contributed by atoms with Crippen molar-refractivity contribution in [2.24, 2.45) is 11.8 Å². The zero-order valence-electron chi connectivity index (χ0n) is 24.2. The molecule has 2 aliphatic rings. The van der Waals surface area contributed by atoms with Crippen LogP contribution in [-0.4, -0.2) is 59.8 Å². The average Bonchev–Trinajstić information content (AvgIpc) is 3.22. The number of nitrogens with zero attached hydrogens (tertiary/aromatic N) is 1. The summed E-state index contributed by atoms with van der Waals surface area (Å²) < 4.78 is 11.2. The van der Waals surface area contributed by atoms with Gasteiger partial charge in [-0.2, -0.15) is 0 Å². The fraction of sp³-hybridized carbons (Fsp3) is 0.531. The normalized spacial score (nSPS) is 17.5. The summed E-state index contributed by atoms with van der Waals surface area (Å²) in [5.41, 5.74) is 1.69. The van der Waals surface area contributed by atoms with Crippen molar-refractivity contribution >= 4 is 29.5 Å². The molecule has 3 unspecified atom stereocenters. The van der Waals surface area contributed by atoms with Crippen LogP contribution in [0.2, 0.25) is 5.02 Å². The van der Waals surface area contributed by atoms with Gasteiger partial charge >= 0.3 is 6.09 Å². The van der Waals surface area contributed by atoms with E-state index in [0.717, 1.165) is 42.6 Å². The summed E-state index contributed by atoms with van der Waals surface area (Å²) in [6, 6.07) is 13.2. The quantitative estimate of drug-likeness (QED) is 0.341. The third-order valence-electron chi connectivity index (χ3n) is 8.05. The molecule has 0 spiro atoms. The number of alkyl carbamates (subject to hydrolysis) is 1. The van der Waals surface area contributed by atoms with Gasteiger partial charge in [-0.15, -0.1) is 0 Å². The lowest BCUT2D eigenvalue weighted by molar-refractivity contribution is -0.136. The van der Waals surface area contributed by atoms with Gasteiger partial charge in [-0.1, -0.05) is 81.0 Å². The van der Waals surface area contributed by atoms with Crippen LogP contribution in [0.3, 0.4) is 0 Å². The lowest BCUT2D eigenvalue weighted by Gasteiger charge is -2.29. The summed E-state index contributed by atoms with van der Waals surface area (Å²) in [6.45, 7) is 2.80. The molecular weight excluding hydrogens is 558 g/mol. The second-order valence-corrected chi connectivity index (χ2v) is 11.8. The molecule has 3 atom stereocenters. The van der Waals surface area contributed by atoms with Crippen LogP contribution < -0.4 is 15.4 Å². The Morgan fingerprint density at radius 1 is 1.10 bits per heavy atom. The van der Waals surface area contributed by atoms with E-state index in [1.165, 1.54) is 6.42 Å². The molecule has 228 valence electrons. The number of nitrogens with one attached hydrogen (secondary N) is 2. The Morgan fingerprint density at radius 3 is 2.64 bits per heavy atom. The van der Waals surface area contributed by atoms with E-state index in [0.29, 0.717) is 37.1 Å². The third-order valence-corrected chi connectivity index (χ3v) is 8.29. The number of amides is 3. The van der Waals surface area contributed by atoms with Crippen LogP contribution in [0.5, 0.6) is 5.75 Å². The number of aliphatic hydroxyl groups excluding tert-OH is 1. The third kappa shape index (κ3) is 9.36. The van der Waals surface area contributed by atoms with E-state index in [9.17, 15) is 19.5 Å². The van der Waals surface area contributed by atoms with Crippen LogP contribution in [0, 0.1) is 11.8 Å². The fourth-order valence-electron chi connectivity index (χ4n) is 5.78. The number of ether oxygens (including phenoxy) is 2. The van der Waals surface area contributed by atoms with Crippen molar-refractivity contribution in [1.29, 1.82) is 0 Å². The fourth-order valence-corrected chi connectivity index (χ4v) is 5.99. The maximum atomic E-state index is 13.5. The van der Waals surface area contributed by atoms with Crippen molar-refractivity contribution in [2.75, 3.05) is 19.8 Å². The highest BCUT2D eigenvalue weighted by Crippen LogP contribution is 2.28. The van der Waals surface area contributed by atoms with Crippen molar-refractivity contribution in [3.8, 4) is 5.75 Å². The first kappa shape index (κ1) is 31.6. The molecule has 4 rings (SSSR count). The molecule has 0 bridgehead atoms. The van der Waals surface area contributed by atoms with Gasteiger partial charge in [-0.25, -0.2) is 4.79 Å². The number of halogens is 1. The minimum absolute atomic E-state index is 0.0229. The molecule has 2 aromatic rings. The maximum Gasteiger partial charge on any atom is 0.408 e. The number of hydrogen-bond donors (Lipinski definition) is 3. The molecule has 42 heavy (non-hydrogen) atoms. The molecule has 0 saturated heterocycles. The number of carbonyl (C=O) groups is 3. The van der Waals surface area contributed by atoms with Crippen LogP contribution in [0.1, 0.15) is 63.0 Å². The van der Waals surface area contributed by atoms with Gasteiger partial charge in [-0.05, 0) is 42.5 Å². The summed E-state index contributed by atoms with van der Waals surface area (Å²) in [6.07, 6.45) is 5.43. The van der Waals surface area contributed by atoms with E-state index in [1.807, 2.05) is 24.3 Å². The molecule has 9 nitrogen and oxygen atoms in total. The SMILES string of the molecule is CC(CC(CO)NC(=O)C(CC1CCCCC1)NC(=O)OCc1cccc(Cl)c1)C(=O)N1CCOc2ccccc2C1. The lowest BCUT2D eigenvalue weighted by Crippen LogP contribution is -2.52. The number of aliphatic hydroxyl groups is 1. The molecule has 0 radical (unpaired) electrons. The van der Waals surface area contributed by atoms with Gasteiger partial charge in [0, 0.05) is 23.0 Å². The summed E-state index contributed by atoms with van der Waals surface area (Å²) >= 11 is 6.02. The molecule has 10 heteroatoms. The van der Waals surface area contributed by atoms with E-state index < -0.39 is 30.0 Å². The van der Waals surface area contributed by atoms with Gasteiger partial charge in [0.25, 0.3) is 0 Å². The number of benzene rings is 2. The van der Waals surface area contributed by atoms with Gasteiger partial charge in [-0.3, -0.25) is 9.59 Å². The molecule has 3 amide bonds. The minimum atomic E-state index is -0.820. The Balaban J connectivity index is 1.34. The van der Waals surface area contributed by atoms with Gasteiger partial charge < -0.3 is 30.1 Å². The largest absolute Gasteiger partial charge is 0.491 e. The summed E-state index contributed by atoms with van der Waals surface area (Å²) in [5, 5.41) is 16.3. The van der Waals surface area contributed by atoms with Crippen LogP contribution in [0.25, 0.3) is 0 Å². The summed E-state index contributed by atoms with van der Waals surface area (Å²) in [4.78, 5) is 41.3. The zero-order valence-corrected chi connectivity index (χ0v) is 25.0. The highest BCUT2D eigenvalue weighted by molar-refractivity contribution is 6.30. The predicted molar refractivity (Wildman–Crippen MR) is 160 cm³/mol. The van der Waals surface area contributed by atoms with Crippen LogP contribution in [0.4, 0.5) is 4.79 Å². The number of fused-ring (bicyclic) bond motifs is 1. The minimum Gasteiger partial charge on any atom is -0.491 e. The van der Waals surface area contributed by atoms with Crippen LogP contribution in [0.15, 0.2) is 48.5 Å². The van der Waals surface area contributed by atoms with Gasteiger partial charge in [0.15, 0.2) is 0 Å². The topological polar surface area (TPSA) is 117 Å². The maximum absolute atomic E-state index is 13.5. The molecule has 1 aliphatic heterocycles. The standard InChI is InChI=1S/C32H42ClN3O6/c1-22(31(39)36-14-15-41-29-13-6-5-11-25(29)19-36)16-27(20-37)34-30(38)28(18-23-8-3-2-4-9-23)35-32(40)42-21-24-10-7-12-26(33)17-24/h5-7,10-13,17,22-23,27-28,37H,2-4,8-9,14-16,18-21H2,1H3,(H,34,38)(H,35,40). The van der Waals surface area contributed by atoms with Crippen molar-refractivity contribution in [2.45, 2.75) is 77.1 Å². The van der Waals surface area contributed by atoms with Crippen molar-refractivity contribution in [3.05, 3.63) is 64.7 Å². The van der Waals surface area contributed by atoms with E-state index in [-0.39, 0.29) is 25.5 Å². The zero-order chi connectivity index (χ0) is 29.9. The Kier molecular flexibility index (Phi) is 11.9. The Hall–Kier alpha value is -3.30. The number of para-hydroxylation sites is 1. The lowest BCUT2D eigenvalue weighted by atomic mass is 9.84. The van der Waals surface area contributed by atoms with Gasteiger partial charge in [0.1, 0.15) is 25.0 Å².